The van der Waals surface area contributed by atoms with Gasteiger partial charge in [0.05, 0.1) is 7.11 Å². The Morgan fingerprint density at radius 3 is 2.48 bits per heavy atom. The van der Waals surface area contributed by atoms with Gasteiger partial charge in [-0.3, -0.25) is 0 Å². The molecular formula is C19H25NO. The molecule has 0 fully saturated rings. The van der Waals surface area contributed by atoms with E-state index in [1.807, 2.05) is 0 Å². The highest BCUT2D eigenvalue weighted by molar-refractivity contribution is 5.77. The van der Waals surface area contributed by atoms with Gasteiger partial charge in [-0.25, -0.2) is 0 Å². The van der Waals surface area contributed by atoms with E-state index in [-0.39, 0.29) is 0 Å². The molecule has 2 nitrogen and oxygen atoms in total. The molecule has 0 amide bonds. The molecule has 0 aliphatic heterocycles. The van der Waals surface area contributed by atoms with Crippen molar-refractivity contribution in [2.75, 3.05) is 7.11 Å². The third-order valence-corrected chi connectivity index (χ3v) is 3.65. The lowest BCUT2D eigenvalue weighted by molar-refractivity contribution is 0.416. The fourth-order valence-corrected chi connectivity index (χ4v) is 2.67. The van der Waals surface area contributed by atoms with Crippen LogP contribution in [0.1, 0.15) is 30.5 Å². The van der Waals surface area contributed by atoms with Crippen LogP contribution in [0.15, 0.2) is 36.4 Å². The Hall–Kier alpha value is -1.80. The van der Waals surface area contributed by atoms with Crippen LogP contribution in [-0.4, -0.2) is 13.2 Å². The van der Waals surface area contributed by atoms with Crippen LogP contribution in [0.25, 0.3) is 11.1 Å². The van der Waals surface area contributed by atoms with Crippen LogP contribution in [-0.2, 0) is 6.54 Å². The van der Waals surface area contributed by atoms with E-state index in [2.05, 4.69) is 69.4 Å². The summed E-state index contributed by atoms with van der Waals surface area (Å²) in [5.41, 5.74) is 6.23. The first kappa shape index (κ1) is 15.6. The highest BCUT2D eigenvalue weighted by Crippen LogP contribution is 2.36. The number of nitrogens with one attached hydrogen (secondary N) is 1. The molecule has 2 aromatic carbocycles. The second-order valence-corrected chi connectivity index (χ2v) is 5.85. The first-order valence-corrected chi connectivity index (χ1v) is 7.49. The van der Waals surface area contributed by atoms with Crippen molar-refractivity contribution in [3.8, 4) is 16.9 Å². The van der Waals surface area contributed by atoms with Gasteiger partial charge in [-0.05, 0) is 42.2 Å². The molecule has 1 N–H and O–H groups in total. The predicted molar refractivity (Wildman–Crippen MR) is 89.9 cm³/mol. The molecule has 2 heteroatoms. The summed E-state index contributed by atoms with van der Waals surface area (Å²) in [5, 5.41) is 3.50. The Labute approximate surface area is 128 Å². The van der Waals surface area contributed by atoms with Gasteiger partial charge < -0.3 is 10.1 Å². The Kier molecular flexibility index (Phi) is 5.03. The molecular weight excluding hydrogens is 258 g/mol. The lowest BCUT2D eigenvalue weighted by atomic mass is 9.93. The molecule has 0 radical (unpaired) electrons. The van der Waals surface area contributed by atoms with Gasteiger partial charge >= 0.3 is 0 Å². The largest absolute Gasteiger partial charge is 0.496 e. The van der Waals surface area contributed by atoms with Crippen molar-refractivity contribution in [3.05, 3.63) is 53.1 Å². The number of ether oxygens (including phenoxy) is 1. The lowest BCUT2D eigenvalue weighted by Crippen LogP contribution is -2.22. The molecule has 0 spiro atoms. The zero-order valence-electron chi connectivity index (χ0n) is 13.7. The third-order valence-electron chi connectivity index (χ3n) is 3.65. The van der Waals surface area contributed by atoms with E-state index >= 15 is 0 Å². The third kappa shape index (κ3) is 3.64. The van der Waals surface area contributed by atoms with Gasteiger partial charge in [0.25, 0.3) is 0 Å². The maximum Gasteiger partial charge on any atom is 0.127 e. The standard InChI is InChI=1S/C19H25NO/c1-13(2)20-12-16-8-6-7-9-17(16)19-15(4)10-14(3)11-18(19)21-5/h6-11,13,20H,12H2,1-5H3. The highest BCUT2D eigenvalue weighted by atomic mass is 16.5. The zero-order valence-corrected chi connectivity index (χ0v) is 13.7. The van der Waals surface area contributed by atoms with Gasteiger partial charge in [0, 0.05) is 18.2 Å². The summed E-state index contributed by atoms with van der Waals surface area (Å²) in [6, 6.07) is 13.3. The summed E-state index contributed by atoms with van der Waals surface area (Å²) >= 11 is 0. The average Bonchev–Trinajstić information content (AvgIpc) is 2.44. The lowest BCUT2D eigenvalue weighted by Gasteiger charge is -2.17. The Bertz CT molecular complexity index is 617. The molecule has 0 aliphatic carbocycles. The van der Waals surface area contributed by atoms with Crippen molar-refractivity contribution in [2.45, 2.75) is 40.3 Å². The minimum atomic E-state index is 0.471. The maximum atomic E-state index is 5.62. The van der Waals surface area contributed by atoms with E-state index in [9.17, 15) is 0 Å². The second kappa shape index (κ2) is 6.77. The smallest absolute Gasteiger partial charge is 0.127 e. The Morgan fingerprint density at radius 2 is 1.81 bits per heavy atom. The first-order valence-electron chi connectivity index (χ1n) is 7.49. The molecule has 0 atom stereocenters. The topological polar surface area (TPSA) is 21.3 Å². The number of hydrogen-bond donors (Lipinski definition) is 1. The van der Waals surface area contributed by atoms with Crippen molar-refractivity contribution in [3.63, 3.8) is 0 Å². The summed E-state index contributed by atoms with van der Waals surface area (Å²) in [6.45, 7) is 9.45. The van der Waals surface area contributed by atoms with Gasteiger partial charge in [0.15, 0.2) is 0 Å². The van der Waals surface area contributed by atoms with Gasteiger partial charge in [-0.15, -0.1) is 0 Å². The number of rotatable bonds is 5. The molecule has 0 bridgehead atoms. The van der Waals surface area contributed by atoms with Crippen molar-refractivity contribution in [1.82, 2.24) is 5.32 Å². The fraction of sp³-hybridized carbons (Fsp3) is 0.368. The Balaban J connectivity index is 2.52. The minimum Gasteiger partial charge on any atom is -0.496 e. The monoisotopic (exact) mass is 283 g/mol. The van der Waals surface area contributed by atoms with Crippen LogP contribution in [0.3, 0.4) is 0 Å². The number of benzene rings is 2. The van der Waals surface area contributed by atoms with E-state index < -0.39 is 0 Å². The zero-order chi connectivity index (χ0) is 15.4. The van der Waals surface area contributed by atoms with Crippen molar-refractivity contribution in [2.24, 2.45) is 0 Å². The molecule has 2 rings (SSSR count). The molecule has 21 heavy (non-hydrogen) atoms. The van der Waals surface area contributed by atoms with Crippen molar-refractivity contribution < 1.29 is 4.74 Å². The normalized spacial score (nSPS) is 11.0. The quantitative estimate of drug-likeness (QED) is 0.873. The molecule has 2 aromatic rings. The van der Waals surface area contributed by atoms with Crippen molar-refractivity contribution >= 4 is 0 Å². The summed E-state index contributed by atoms with van der Waals surface area (Å²) in [4.78, 5) is 0. The van der Waals surface area contributed by atoms with Crippen LogP contribution < -0.4 is 10.1 Å². The molecule has 0 saturated heterocycles. The molecule has 0 unspecified atom stereocenters. The van der Waals surface area contributed by atoms with Gasteiger partial charge in [0.1, 0.15) is 5.75 Å². The SMILES string of the molecule is COc1cc(C)cc(C)c1-c1ccccc1CNC(C)C. The highest BCUT2D eigenvalue weighted by Gasteiger charge is 2.13. The average molecular weight is 283 g/mol. The van der Waals surface area contributed by atoms with Crippen LogP contribution in [0.5, 0.6) is 5.75 Å². The van der Waals surface area contributed by atoms with E-state index in [1.165, 1.54) is 27.8 Å². The van der Waals surface area contributed by atoms with E-state index in [1.54, 1.807) is 7.11 Å². The maximum absolute atomic E-state index is 5.62. The summed E-state index contributed by atoms with van der Waals surface area (Å²) in [5.74, 6) is 0.949. The van der Waals surface area contributed by atoms with Crippen LogP contribution in [0.2, 0.25) is 0 Å². The molecule has 0 saturated carbocycles. The number of aryl methyl sites for hydroxylation is 2. The van der Waals surface area contributed by atoms with Gasteiger partial charge in [-0.2, -0.15) is 0 Å². The van der Waals surface area contributed by atoms with Crippen molar-refractivity contribution in [1.29, 1.82) is 0 Å². The first-order chi connectivity index (χ1) is 10.0. The summed E-state index contributed by atoms with van der Waals surface area (Å²) in [6.07, 6.45) is 0. The van der Waals surface area contributed by atoms with Crippen LogP contribution in [0.4, 0.5) is 0 Å². The predicted octanol–water partition coefficient (Wildman–Crippen LogP) is 4.48. The van der Waals surface area contributed by atoms with Gasteiger partial charge in [-0.1, -0.05) is 44.2 Å². The van der Waals surface area contributed by atoms with E-state index in [0.717, 1.165) is 12.3 Å². The minimum absolute atomic E-state index is 0.471. The molecule has 0 aromatic heterocycles. The van der Waals surface area contributed by atoms with Gasteiger partial charge in [0.2, 0.25) is 0 Å². The molecule has 0 heterocycles. The Morgan fingerprint density at radius 1 is 1.10 bits per heavy atom. The van der Waals surface area contributed by atoms with Crippen LogP contribution >= 0.6 is 0 Å². The van der Waals surface area contributed by atoms with E-state index in [4.69, 9.17) is 4.74 Å². The molecule has 112 valence electrons. The van der Waals surface area contributed by atoms with Crippen LogP contribution in [0, 0.1) is 13.8 Å². The number of hydrogen-bond acceptors (Lipinski definition) is 2. The number of methoxy groups -OCH3 is 1. The van der Waals surface area contributed by atoms with E-state index in [0.29, 0.717) is 6.04 Å². The molecule has 0 aliphatic rings. The summed E-state index contributed by atoms with van der Waals surface area (Å²) in [7, 11) is 1.74. The summed E-state index contributed by atoms with van der Waals surface area (Å²) < 4.78 is 5.62. The second-order valence-electron chi connectivity index (χ2n) is 5.85. The fourth-order valence-electron chi connectivity index (χ4n) is 2.67.